The van der Waals surface area contributed by atoms with Crippen LogP contribution in [0.4, 0.5) is 0 Å². The van der Waals surface area contributed by atoms with Gasteiger partial charge in [-0.25, -0.2) is 13.4 Å². The Labute approximate surface area is 145 Å². The van der Waals surface area contributed by atoms with Crippen molar-refractivity contribution in [1.82, 2.24) is 14.4 Å². The van der Waals surface area contributed by atoms with Crippen LogP contribution in [0, 0.1) is 13.8 Å². The molecule has 1 saturated heterocycles. The maximum absolute atomic E-state index is 13.0. The molecule has 2 aromatic heterocycles. The molecule has 0 amide bonds. The minimum absolute atomic E-state index is 0.0589. The van der Waals surface area contributed by atoms with Gasteiger partial charge in [-0.15, -0.1) is 0 Å². The highest BCUT2D eigenvalue weighted by Crippen LogP contribution is 2.33. The Balaban J connectivity index is 1.65. The summed E-state index contributed by atoms with van der Waals surface area (Å²) >= 11 is 0. The van der Waals surface area contributed by atoms with Gasteiger partial charge in [0.15, 0.2) is 17.2 Å². The quantitative estimate of drug-likeness (QED) is 0.712. The number of benzene rings is 1. The first kappa shape index (κ1) is 16.3. The van der Waals surface area contributed by atoms with Gasteiger partial charge in [-0.2, -0.15) is 4.31 Å². The fourth-order valence-electron chi connectivity index (χ4n) is 3.40. The molecule has 0 aliphatic carbocycles. The van der Waals surface area contributed by atoms with Crippen LogP contribution in [0.3, 0.4) is 0 Å². The molecule has 4 rings (SSSR count). The number of aromatic nitrogens is 2. The summed E-state index contributed by atoms with van der Waals surface area (Å²) in [6, 6.07) is 7.56. The van der Waals surface area contributed by atoms with Gasteiger partial charge in [0.25, 0.3) is 0 Å². The molecule has 0 radical (unpaired) electrons. The first-order valence-electron chi connectivity index (χ1n) is 8.25. The van der Waals surface area contributed by atoms with E-state index in [4.69, 9.17) is 8.94 Å². The zero-order valence-corrected chi connectivity index (χ0v) is 14.9. The molecule has 0 unspecified atom stereocenters. The molecule has 1 atom stereocenters. The topological polar surface area (TPSA) is 89.4 Å². The van der Waals surface area contributed by atoms with Crippen LogP contribution in [-0.4, -0.2) is 36.0 Å². The Morgan fingerprint density at radius 1 is 1.24 bits per heavy atom. The maximum Gasteiger partial charge on any atom is 0.248 e. The largest absolute Gasteiger partial charge is 0.440 e. The smallest absolute Gasteiger partial charge is 0.248 e. The Morgan fingerprint density at radius 3 is 2.76 bits per heavy atom. The summed E-state index contributed by atoms with van der Waals surface area (Å²) in [6.45, 7) is 4.09. The van der Waals surface area contributed by atoms with Gasteiger partial charge >= 0.3 is 0 Å². The van der Waals surface area contributed by atoms with Gasteiger partial charge < -0.3 is 8.94 Å². The normalized spacial score (nSPS) is 19.5. The summed E-state index contributed by atoms with van der Waals surface area (Å²) in [7, 11) is -3.64. The zero-order valence-electron chi connectivity index (χ0n) is 14.1. The van der Waals surface area contributed by atoms with Crippen LogP contribution < -0.4 is 0 Å². The lowest BCUT2D eigenvalue weighted by Crippen LogP contribution is -2.39. The number of rotatable bonds is 3. The molecule has 0 saturated carbocycles. The molecule has 132 valence electrons. The van der Waals surface area contributed by atoms with Gasteiger partial charge in [-0.05, 0) is 38.8 Å². The molecular weight excluding hydrogens is 342 g/mol. The summed E-state index contributed by atoms with van der Waals surface area (Å²) in [4.78, 5) is 4.70. The van der Waals surface area contributed by atoms with Crippen molar-refractivity contribution in [3.05, 3.63) is 41.6 Å². The van der Waals surface area contributed by atoms with Crippen LogP contribution in [-0.2, 0) is 10.0 Å². The fourth-order valence-corrected chi connectivity index (χ4v) is 5.21. The second-order valence-electron chi connectivity index (χ2n) is 6.38. The molecule has 1 aliphatic rings. The van der Waals surface area contributed by atoms with E-state index in [0.717, 1.165) is 23.9 Å². The van der Waals surface area contributed by atoms with E-state index in [9.17, 15) is 8.42 Å². The molecule has 25 heavy (non-hydrogen) atoms. The van der Waals surface area contributed by atoms with Gasteiger partial charge in [0, 0.05) is 19.0 Å². The van der Waals surface area contributed by atoms with Gasteiger partial charge in [0.05, 0.1) is 0 Å². The van der Waals surface area contributed by atoms with Crippen LogP contribution in [0.5, 0.6) is 0 Å². The fraction of sp³-hybridized carbons (Fsp3) is 0.412. The molecular formula is C17H19N3O4S. The van der Waals surface area contributed by atoms with Crippen LogP contribution in [0.1, 0.15) is 36.1 Å². The number of oxazole rings is 1. The molecule has 3 heterocycles. The number of hydrogen-bond donors (Lipinski definition) is 0. The van der Waals surface area contributed by atoms with E-state index < -0.39 is 10.0 Å². The summed E-state index contributed by atoms with van der Waals surface area (Å²) in [5.41, 5.74) is 1.91. The molecule has 1 aliphatic heterocycles. The van der Waals surface area contributed by atoms with E-state index in [0.29, 0.717) is 30.4 Å². The predicted octanol–water partition coefficient (Wildman–Crippen LogP) is 3.00. The van der Waals surface area contributed by atoms with Crippen LogP contribution in [0.25, 0.3) is 11.1 Å². The first-order chi connectivity index (χ1) is 12.0. The van der Waals surface area contributed by atoms with Gasteiger partial charge in [0.1, 0.15) is 16.1 Å². The van der Waals surface area contributed by atoms with E-state index in [1.807, 2.05) is 24.3 Å². The lowest BCUT2D eigenvalue weighted by atomic mass is 10.00. The van der Waals surface area contributed by atoms with E-state index in [1.54, 1.807) is 13.8 Å². The number of para-hydroxylation sites is 2. The molecule has 1 fully saturated rings. The Hall–Kier alpha value is -2.19. The summed E-state index contributed by atoms with van der Waals surface area (Å²) in [6.07, 6.45) is 1.60. The summed E-state index contributed by atoms with van der Waals surface area (Å²) in [5.74, 6) is 0.859. The highest BCUT2D eigenvalue weighted by molar-refractivity contribution is 7.89. The number of sulfonamides is 1. The monoisotopic (exact) mass is 361 g/mol. The highest BCUT2D eigenvalue weighted by Gasteiger charge is 2.36. The van der Waals surface area contributed by atoms with Crippen molar-refractivity contribution in [2.24, 2.45) is 0 Å². The van der Waals surface area contributed by atoms with Crippen LogP contribution >= 0.6 is 0 Å². The van der Waals surface area contributed by atoms with Crippen LogP contribution in [0.2, 0.25) is 0 Å². The number of fused-ring (bicyclic) bond motifs is 1. The standard InChI is InChI=1S/C17H19N3O4S/c1-11-16(12(2)24-19-11)25(21,22)20-9-5-6-13(10-20)17-18-14-7-3-4-8-15(14)23-17/h3-4,7-8,13H,5-6,9-10H2,1-2H3/t13-/m0/s1. The lowest BCUT2D eigenvalue weighted by molar-refractivity contribution is 0.288. The van der Waals surface area contributed by atoms with Gasteiger partial charge in [-0.3, -0.25) is 0 Å². The number of hydrogen-bond acceptors (Lipinski definition) is 6. The average Bonchev–Trinajstić information content (AvgIpc) is 3.18. The highest BCUT2D eigenvalue weighted by atomic mass is 32.2. The van der Waals surface area contributed by atoms with E-state index in [1.165, 1.54) is 4.31 Å². The van der Waals surface area contributed by atoms with Crippen molar-refractivity contribution < 1.29 is 17.4 Å². The minimum Gasteiger partial charge on any atom is -0.440 e. The Kier molecular flexibility index (Phi) is 3.88. The van der Waals surface area contributed by atoms with Crippen molar-refractivity contribution in [3.63, 3.8) is 0 Å². The Bertz CT molecular complexity index is 969. The summed E-state index contributed by atoms with van der Waals surface area (Å²) < 4.78 is 38.4. The second kappa shape index (κ2) is 5.96. The molecule has 1 aromatic carbocycles. The SMILES string of the molecule is Cc1noc(C)c1S(=O)(=O)N1CCC[C@H](c2nc3ccccc3o2)C1. The number of nitrogens with zero attached hydrogens (tertiary/aromatic N) is 3. The van der Waals surface area contributed by atoms with E-state index in [2.05, 4.69) is 10.1 Å². The number of piperidine rings is 1. The third kappa shape index (κ3) is 2.75. The molecule has 7 nitrogen and oxygen atoms in total. The van der Waals surface area contributed by atoms with Crippen molar-refractivity contribution in [3.8, 4) is 0 Å². The summed E-state index contributed by atoms with van der Waals surface area (Å²) in [5, 5.41) is 3.77. The van der Waals surface area contributed by atoms with Gasteiger partial charge in [0.2, 0.25) is 10.0 Å². The average molecular weight is 361 g/mol. The van der Waals surface area contributed by atoms with Crippen molar-refractivity contribution in [1.29, 1.82) is 0 Å². The van der Waals surface area contributed by atoms with Crippen LogP contribution in [0.15, 0.2) is 38.1 Å². The third-order valence-corrected chi connectivity index (χ3v) is 6.72. The van der Waals surface area contributed by atoms with Crippen molar-refractivity contribution >= 4 is 21.1 Å². The first-order valence-corrected chi connectivity index (χ1v) is 9.69. The molecule has 3 aromatic rings. The van der Waals surface area contributed by atoms with Crippen molar-refractivity contribution in [2.45, 2.75) is 37.5 Å². The predicted molar refractivity (Wildman–Crippen MR) is 90.7 cm³/mol. The molecule has 8 heteroatoms. The lowest BCUT2D eigenvalue weighted by Gasteiger charge is -2.30. The van der Waals surface area contributed by atoms with Gasteiger partial charge in [-0.1, -0.05) is 17.3 Å². The molecule has 0 N–H and O–H groups in total. The zero-order chi connectivity index (χ0) is 17.6. The molecule has 0 spiro atoms. The second-order valence-corrected chi connectivity index (χ2v) is 8.25. The minimum atomic E-state index is -3.64. The maximum atomic E-state index is 13.0. The Morgan fingerprint density at radius 2 is 2.04 bits per heavy atom. The third-order valence-electron chi connectivity index (χ3n) is 4.61. The van der Waals surface area contributed by atoms with E-state index in [-0.39, 0.29) is 10.8 Å². The molecule has 0 bridgehead atoms. The number of aryl methyl sites for hydroxylation is 2. The van der Waals surface area contributed by atoms with Crippen molar-refractivity contribution in [2.75, 3.05) is 13.1 Å². The van der Waals surface area contributed by atoms with E-state index >= 15 is 0 Å².